The molecule has 0 bridgehead atoms. The Labute approximate surface area is 201 Å². The number of nitro groups is 1. The maximum absolute atomic E-state index is 12.2. The number of amides is 1. The number of anilines is 1. The van der Waals surface area contributed by atoms with Gasteiger partial charge in [-0.15, -0.1) is 0 Å². The molecule has 9 heteroatoms. The largest absolute Gasteiger partial charge is 0.444 e. The van der Waals surface area contributed by atoms with E-state index in [1.807, 2.05) is 63.4 Å². The number of aromatic nitrogens is 2. The van der Waals surface area contributed by atoms with Crippen LogP contribution in [0.2, 0.25) is 0 Å². The zero-order valence-corrected chi connectivity index (χ0v) is 19.8. The van der Waals surface area contributed by atoms with Crippen molar-refractivity contribution in [2.24, 2.45) is 0 Å². The van der Waals surface area contributed by atoms with Crippen LogP contribution in [0.3, 0.4) is 0 Å². The Morgan fingerprint density at radius 2 is 1.94 bits per heavy atom. The molecule has 0 saturated carbocycles. The maximum atomic E-state index is 12.2. The minimum absolute atomic E-state index is 0.0494. The molecular formula is C25H24N4O4S. The molecule has 4 rings (SSSR count). The van der Waals surface area contributed by atoms with Crippen LogP contribution in [0.4, 0.5) is 16.2 Å². The van der Waals surface area contributed by atoms with Crippen molar-refractivity contribution in [3.63, 3.8) is 0 Å². The third kappa shape index (κ3) is 5.55. The van der Waals surface area contributed by atoms with E-state index in [2.05, 4.69) is 14.9 Å². The van der Waals surface area contributed by atoms with E-state index in [0.29, 0.717) is 22.2 Å². The lowest BCUT2D eigenvalue weighted by Crippen LogP contribution is -2.27. The lowest BCUT2D eigenvalue weighted by atomic mass is 10.2. The van der Waals surface area contributed by atoms with Crippen molar-refractivity contribution in [1.29, 1.82) is 0 Å². The average molecular weight is 477 g/mol. The Hall–Kier alpha value is -3.85. The standard InChI is InChI=1S/C25H24N4O4S/c1-25(2,3)33-24(30)27-19-11-10-17-12-14-28(21(17)15-19)16-18-7-6-13-26-23(18)34-22-9-5-4-8-20(22)29(31)32/h4-15H,16H2,1-3H3,(H,27,30). The molecule has 174 valence electrons. The number of nitro benzene ring substituents is 1. The summed E-state index contributed by atoms with van der Waals surface area (Å²) in [6, 6.07) is 18.1. The highest BCUT2D eigenvalue weighted by Gasteiger charge is 2.18. The number of ether oxygens (including phenoxy) is 1. The number of para-hydroxylation sites is 1. The van der Waals surface area contributed by atoms with Crippen LogP contribution in [0.15, 0.2) is 83.0 Å². The van der Waals surface area contributed by atoms with E-state index in [4.69, 9.17) is 4.74 Å². The van der Waals surface area contributed by atoms with Crippen LogP contribution in [0, 0.1) is 10.1 Å². The summed E-state index contributed by atoms with van der Waals surface area (Å²) in [5.41, 5.74) is 1.94. The molecule has 0 aliphatic carbocycles. The highest BCUT2D eigenvalue weighted by molar-refractivity contribution is 7.99. The summed E-state index contributed by atoms with van der Waals surface area (Å²) >= 11 is 1.27. The van der Waals surface area contributed by atoms with Crippen molar-refractivity contribution < 1.29 is 14.5 Å². The van der Waals surface area contributed by atoms with Crippen LogP contribution < -0.4 is 5.32 Å². The quantitative estimate of drug-likeness (QED) is 0.252. The van der Waals surface area contributed by atoms with Crippen molar-refractivity contribution in [2.75, 3.05) is 5.32 Å². The summed E-state index contributed by atoms with van der Waals surface area (Å²) in [7, 11) is 0. The van der Waals surface area contributed by atoms with Crippen molar-refractivity contribution in [2.45, 2.75) is 42.8 Å². The molecule has 0 aliphatic heterocycles. The third-order valence-electron chi connectivity index (χ3n) is 4.88. The monoisotopic (exact) mass is 476 g/mol. The third-order valence-corrected chi connectivity index (χ3v) is 6.00. The number of benzene rings is 2. The Balaban J connectivity index is 1.60. The summed E-state index contributed by atoms with van der Waals surface area (Å²) < 4.78 is 7.40. The SMILES string of the molecule is CC(C)(C)OC(=O)Nc1ccc2ccn(Cc3cccnc3Sc3ccccc3[N+](=O)[O-])c2c1. The molecule has 0 saturated heterocycles. The zero-order valence-electron chi connectivity index (χ0n) is 19.0. The molecule has 0 atom stereocenters. The topological polar surface area (TPSA) is 99.3 Å². The molecule has 1 N–H and O–H groups in total. The minimum atomic E-state index is -0.587. The van der Waals surface area contributed by atoms with Gasteiger partial charge in [0.25, 0.3) is 5.69 Å². The predicted octanol–water partition coefficient (Wildman–Crippen LogP) is 6.49. The van der Waals surface area contributed by atoms with E-state index < -0.39 is 11.7 Å². The van der Waals surface area contributed by atoms with Crippen molar-refractivity contribution in [3.05, 3.63) is 88.7 Å². The fraction of sp³-hybridized carbons (Fsp3) is 0.200. The van der Waals surface area contributed by atoms with Crippen LogP contribution in [-0.2, 0) is 11.3 Å². The summed E-state index contributed by atoms with van der Waals surface area (Å²) in [4.78, 5) is 28.2. The molecule has 0 spiro atoms. The number of nitrogens with one attached hydrogen (secondary N) is 1. The van der Waals surface area contributed by atoms with Crippen LogP contribution in [0.5, 0.6) is 0 Å². The van der Waals surface area contributed by atoms with Crippen LogP contribution in [0.1, 0.15) is 26.3 Å². The number of nitrogens with zero attached hydrogens (tertiary/aromatic N) is 3. The van der Waals surface area contributed by atoms with Crippen molar-refractivity contribution in [3.8, 4) is 0 Å². The molecule has 8 nitrogen and oxygen atoms in total. The van der Waals surface area contributed by atoms with E-state index >= 15 is 0 Å². The van der Waals surface area contributed by atoms with Crippen molar-refractivity contribution >= 4 is 40.1 Å². The highest BCUT2D eigenvalue weighted by atomic mass is 32.2. The van der Waals surface area contributed by atoms with Crippen molar-refractivity contribution in [1.82, 2.24) is 9.55 Å². The molecule has 4 aromatic rings. The lowest BCUT2D eigenvalue weighted by Gasteiger charge is -2.19. The number of hydrogen-bond acceptors (Lipinski definition) is 6. The Morgan fingerprint density at radius 1 is 1.15 bits per heavy atom. The van der Waals surface area contributed by atoms with E-state index in [0.717, 1.165) is 16.5 Å². The van der Waals surface area contributed by atoms with E-state index in [1.165, 1.54) is 17.8 Å². The Morgan fingerprint density at radius 3 is 2.71 bits per heavy atom. The van der Waals surface area contributed by atoms with Gasteiger partial charge in [-0.05, 0) is 56.5 Å². The van der Waals surface area contributed by atoms with Gasteiger partial charge in [0.05, 0.1) is 21.9 Å². The smallest absolute Gasteiger partial charge is 0.412 e. The molecule has 0 radical (unpaired) electrons. The summed E-state index contributed by atoms with van der Waals surface area (Å²) in [5, 5.41) is 15.9. The first kappa shape index (κ1) is 23.3. The minimum Gasteiger partial charge on any atom is -0.444 e. The van der Waals surface area contributed by atoms with Crippen LogP contribution in [0.25, 0.3) is 10.9 Å². The highest BCUT2D eigenvalue weighted by Crippen LogP contribution is 2.35. The summed E-state index contributed by atoms with van der Waals surface area (Å²) in [6.07, 6.45) is 3.13. The second kappa shape index (κ2) is 9.56. The van der Waals surface area contributed by atoms with Gasteiger partial charge >= 0.3 is 6.09 Å². The first-order chi connectivity index (χ1) is 16.2. The van der Waals surface area contributed by atoms with Crippen LogP contribution in [-0.4, -0.2) is 26.2 Å². The molecule has 34 heavy (non-hydrogen) atoms. The van der Waals surface area contributed by atoms with E-state index in [1.54, 1.807) is 24.4 Å². The molecule has 2 aromatic heterocycles. The number of pyridine rings is 1. The predicted molar refractivity (Wildman–Crippen MR) is 132 cm³/mol. The fourth-order valence-corrected chi connectivity index (χ4v) is 4.42. The second-order valence-electron chi connectivity index (χ2n) is 8.64. The number of hydrogen-bond donors (Lipinski definition) is 1. The lowest BCUT2D eigenvalue weighted by molar-refractivity contribution is -0.387. The molecule has 2 aromatic carbocycles. The molecule has 0 aliphatic rings. The van der Waals surface area contributed by atoms with E-state index in [-0.39, 0.29) is 10.6 Å². The number of carbonyl (C=O) groups is 1. The second-order valence-corrected chi connectivity index (χ2v) is 9.67. The number of carbonyl (C=O) groups excluding carboxylic acids is 1. The van der Waals surface area contributed by atoms with Gasteiger partial charge in [-0.3, -0.25) is 15.4 Å². The Kier molecular flexibility index (Phi) is 6.56. The van der Waals surface area contributed by atoms with E-state index in [9.17, 15) is 14.9 Å². The summed E-state index contributed by atoms with van der Waals surface area (Å²) in [6.45, 7) is 5.95. The van der Waals surface area contributed by atoms with Gasteiger partial charge in [-0.2, -0.15) is 0 Å². The van der Waals surface area contributed by atoms with Gasteiger partial charge in [0.2, 0.25) is 0 Å². The molecule has 2 heterocycles. The normalized spacial score (nSPS) is 11.4. The first-order valence-electron chi connectivity index (χ1n) is 10.6. The fourth-order valence-electron chi connectivity index (χ4n) is 3.44. The van der Waals surface area contributed by atoms with Gasteiger partial charge < -0.3 is 9.30 Å². The molecule has 1 amide bonds. The maximum Gasteiger partial charge on any atom is 0.412 e. The molecule has 0 unspecified atom stereocenters. The Bertz CT molecular complexity index is 1360. The average Bonchev–Trinajstić information content (AvgIpc) is 3.16. The zero-order chi connectivity index (χ0) is 24.3. The number of fused-ring (bicyclic) bond motifs is 1. The van der Waals surface area contributed by atoms with Gasteiger partial charge in [-0.25, -0.2) is 9.78 Å². The summed E-state index contributed by atoms with van der Waals surface area (Å²) in [5.74, 6) is 0. The number of rotatable bonds is 6. The van der Waals surface area contributed by atoms with Crippen LogP contribution >= 0.6 is 11.8 Å². The van der Waals surface area contributed by atoms with Gasteiger partial charge in [-0.1, -0.05) is 36.0 Å². The van der Waals surface area contributed by atoms with Gasteiger partial charge in [0.1, 0.15) is 10.6 Å². The first-order valence-corrected chi connectivity index (χ1v) is 11.5. The van der Waals surface area contributed by atoms with Gasteiger partial charge in [0, 0.05) is 29.7 Å². The van der Waals surface area contributed by atoms with Gasteiger partial charge in [0.15, 0.2) is 0 Å². The molecular weight excluding hydrogens is 452 g/mol. The molecule has 0 fully saturated rings.